The lowest BCUT2D eigenvalue weighted by atomic mass is 10.2. The molecule has 3 nitrogen and oxygen atoms in total. The standard InChI is InChI=1S/C17H20N2O/c1-20-16-8-6-15(7-9-16)18-11-13-19-12-10-14-4-2-3-5-17(14)19/h2-9,18H,10-13H2,1H3. The molecule has 1 aliphatic rings. The molecule has 0 aromatic heterocycles. The summed E-state index contributed by atoms with van der Waals surface area (Å²) >= 11 is 0. The van der Waals surface area contributed by atoms with Gasteiger partial charge in [-0.2, -0.15) is 0 Å². The van der Waals surface area contributed by atoms with Gasteiger partial charge in [-0.05, 0) is 42.3 Å². The first kappa shape index (κ1) is 12.9. The maximum atomic E-state index is 5.16. The van der Waals surface area contributed by atoms with Crippen LogP contribution >= 0.6 is 0 Å². The number of fused-ring (bicyclic) bond motifs is 1. The summed E-state index contributed by atoms with van der Waals surface area (Å²) in [6, 6.07) is 16.8. The van der Waals surface area contributed by atoms with Crippen molar-refractivity contribution in [3.63, 3.8) is 0 Å². The van der Waals surface area contributed by atoms with Gasteiger partial charge in [0.15, 0.2) is 0 Å². The number of anilines is 2. The number of para-hydroxylation sites is 1. The molecule has 0 amide bonds. The molecule has 0 saturated heterocycles. The van der Waals surface area contributed by atoms with E-state index in [1.54, 1.807) is 7.11 Å². The van der Waals surface area contributed by atoms with E-state index in [0.717, 1.165) is 31.1 Å². The summed E-state index contributed by atoms with van der Waals surface area (Å²) in [4.78, 5) is 2.45. The average molecular weight is 268 g/mol. The van der Waals surface area contributed by atoms with Crippen molar-refractivity contribution in [1.82, 2.24) is 0 Å². The second kappa shape index (κ2) is 5.87. The molecule has 3 heteroatoms. The Morgan fingerprint density at radius 3 is 2.70 bits per heavy atom. The highest BCUT2D eigenvalue weighted by Gasteiger charge is 2.17. The number of nitrogens with zero attached hydrogens (tertiary/aromatic N) is 1. The molecule has 0 aliphatic carbocycles. The molecule has 0 atom stereocenters. The number of hydrogen-bond acceptors (Lipinski definition) is 3. The normalized spacial score (nSPS) is 13.2. The topological polar surface area (TPSA) is 24.5 Å². The van der Waals surface area contributed by atoms with Crippen LogP contribution in [0.2, 0.25) is 0 Å². The van der Waals surface area contributed by atoms with Crippen LogP contribution in [0.15, 0.2) is 48.5 Å². The van der Waals surface area contributed by atoms with Crippen LogP contribution in [0.3, 0.4) is 0 Å². The predicted molar refractivity (Wildman–Crippen MR) is 83.8 cm³/mol. The van der Waals surface area contributed by atoms with E-state index in [4.69, 9.17) is 4.74 Å². The van der Waals surface area contributed by atoms with E-state index in [9.17, 15) is 0 Å². The molecule has 104 valence electrons. The van der Waals surface area contributed by atoms with Gasteiger partial charge in [0.25, 0.3) is 0 Å². The first-order valence-electron chi connectivity index (χ1n) is 7.07. The highest BCUT2D eigenvalue weighted by atomic mass is 16.5. The zero-order valence-electron chi connectivity index (χ0n) is 11.8. The molecule has 0 bridgehead atoms. The van der Waals surface area contributed by atoms with Gasteiger partial charge in [-0.15, -0.1) is 0 Å². The fourth-order valence-electron chi connectivity index (χ4n) is 2.68. The Kier molecular flexibility index (Phi) is 3.77. The molecule has 1 heterocycles. The minimum absolute atomic E-state index is 0.893. The van der Waals surface area contributed by atoms with E-state index < -0.39 is 0 Å². The number of rotatable bonds is 5. The molecular formula is C17H20N2O. The lowest BCUT2D eigenvalue weighted by Crippen LogP contribution is -2.27. The van der Waals surface area contributed by atoms with Gasteiger partial charge >= 0.3 is 0 Å². The molecule has 0 radical (unpaired) electrons. The Hall–Kier alpha value is -2.16. The van der Waals surface area contributed by atoms with E-state index in [-0.39, 0.29) is 0 Å². The van der Waals surface area contributed by atoms with Gasteiger partial charge in [0.05, 0.1) is 7.11 Å². The molecule has 0 fully saturated rings. The zero-order valence-corrected chi connectivity index (χ0v) is 11.8. The van der Waals surface area contributed by atoms with E-state index in [1.807, 2.05) is 12.1 Å². The molecule has 2 aromatic carbocycles. The fraction of sp³-hybridized carbons (Fsp3) is 0.294. The highest BCUT2D eigenvalue weighted by Crippen LogP contribution is 2.26. The van der Waals surface area contributed by atoms with Crippen LogP contribution in [0.5, 0.6) is 5.75 Å². The van der Waals surface area contributed by atoms with E-state index >= 15 is 0 Å². The van der Waals surface area contributed by atoms with Crippen LogP contribution in [0.25, 0.3) is 0 Å². The van der Waals surface area contributed by atoms with Crippen molar-refractivity contribution in [2.24, 2.45) is 0 Å². The summed E-state index contributed by atoms with van der Waals surface area (Å²) < 4.78 is 5.16. The van der Waals surface area contributed by atoms with Gasteiger partial charge in [-0.3, -0.25) is 0 Å². The highest BCUT2D eigenvalue weighted by molar-refractivity contribution is 5.58. The van der Waals surface area contributed by atoms with E-state index in [1.165, 1.54) is 17.7 Å². The van der Waals surface area contributed by atoms with Gasteiger partial charge < -0.3 is 15.0 Å². The maximum Gasteiger partial charge on any atom is 0.119 e. The summed E-state index contributed by atoms with van der Waals surface area (Å²) in [6.07, 6.45) is 1.17. The summed E-state index contributed by atoms with van der Waals surface area (Å²) in [5, 5.41) is 3.46. The van der Waals surface area contributed by atoms with Crippen LogP contribution in [0.4, 0.5) is 11.4 Å². The fourth-order valence-corrected chi connectivity index (χ4v) is 2.68. The molecule has 0 unspecified atom stereocenters. The first-order valence-corrected chi connectivity index (χ1v) is 7.07. The maximum absolute atomic E-state index is 5.16. The number of methoxy groups -OCH3 is 1. The van der Waals surface area contributed by atoms with Gasteiger partial charge in [0.2, 0.25) is 0 Å². The summed E-state index contributed by atoms with van der Waals surface area (Å²) in [6.45, 7) is 3.10. The largest absolute Gasteiger partial charge is 0.497 e. The first-order chi connectivity index (χ1) is 9.86. The molecule has 1 N–H and O–H groups in total. The van der Waals surface area contributed by atoms with Crippen LogP contribution in [-0.2, 0) is 6.42 Å². The molecule has 3 rings (SSSR count). The Labute approximate surface area is 120 Å². The van der Waals surface area contributed by atoms with E-state index in [0.29, 0.717) is 0 Å². The predicted octanol–water partition coefficient (Wildman–Crippen LogP) is 3.17. The molecule has 0 spiro atoms. The van der Waals surface area contributed by atoms with Gasteiger partial charge in [-0.25, -0.2) is 0 Å². The molecule has 0 saturated carbocycles. The van der Waals surface area contributed by atoms with Gasteiger partial charge in [0.1, 0.15) is 5.75 Å². The summed E-state index contributed by atoms with van der Waals surface area (Å²) in [7, 11) is 1.69. The Morgan fingerprint density at radius 1 is 1.10 bits per heavy atom. The Morgan fingerprint density at radius 2 is 1.90 bits per heavy atom. The second-order valence-corrected chi connectivity index (χ2v) is 5.02. The van der Waals surface area contributed by atoms with Crippen molar-refractivity contribution in [1.29, 1.82) is 0 Å². The lowest BCUT2D eigenvalue weighted by molar-refractivity contribution is 0.415. The lowest BCUT2D eigenvalue weighted by Gasteiger charge is -2.20. The second-order valence-electron chi connectivity index (χ2n) is 5.02. The molecule has 2 aromatic rings. The SMILES string of the molecule is COc1ccc(NCCN2CCc3ccccc32)cc1. The van der Waals surface area contributed by atoms with Crippen LogP contribution in [-0.4, -0.2) is 26.7 Å². The third-order valence-electron chi connectivity index (χ3n) is 3.78. The van der Waals surface area contributed by atoms with Crippen LogP contribution < -0.4 is 15.0 Å². The van der Waals surface area contributed by atoms with Crippen molar-refractivity contribution in [3.8, 4) is 5.75 Å². The third kappa shape index (κ3) is 2.72. The van der Waals surface area contributed by atoms with Crippen molar-refractivity contribution in [2.75, 3.05) is 37.0 Å². The molecule has 1 aliphatic heterocycles. The van der Waals surface area contributed by atoms with Crippen molar-refractivity contribution < 1.29 is 4.74 Å². The number of ether oxygens (including phenoxy) is 1. The quantitative estimate of drug-likeness (QED) is 0.901. The molecular weight excluding hydrogens is 248 g/mol. The Bertz CT molecular complexity index is 565. The van der Waals surface area contributed by atoms with Crippen molar-refractivity contribution in [2.45, 2.75) is 6.42 Å². The van der Waals surface area contributed by atoms with Crippen LogP contribution in [0.1, 0.15) is 5.56 Å². The summed E-state index contributed by atoms with van der Waals surface area (Å²) in [5.41, 5.74) is 4.00. The van der Waals surface area contributed by atoms with Gasteiger partial charge in [-0.1, -0.05) is 18.2 Å². The van der Waals surface area contributed by atoms with Gasteiger partial charge in [0, 0.05) is 31.0 Å². The van der Waals surface area contributed by atoms with Crippen LogP contribution in [0, 0.1) is 0 Å². The van der Waals surface area contributed by atoms with Crippen molar-refractivity contribution in [3.05, 3.63) is 54.1 Å². The molecule has 20 heavy (non-hydrogen) atoms. The smallest absolute Gasteiger partial charge is 0.119 e. The number of benzene rings is 2. The minimum atomic E-state index is 0.893. The third-order valence-corrected chi connectivity index (χ3v) is 3.78. The monoisotopic (exact) mass is 268 g/mol. The zero-order chi connectivity index (χ0) is 13.8. The number of nitrogens with one attached hydrogen (secondary N) is 1. The number of hydrogen-bond donors (Lipinski definition) is 1. The van der Waals surface area contributed by atoms with E-state index in [2.05, 4.69) is 46.6 Å². The minimum Gasteiger partial charge on any atom is -0.497 e. The Balaban J connectivity index is 1.53. The van der Waals surface area contributed by atoms with Crippen molar-refractivity contribution >= 4 is 11.4 Å². The average Bonchev–Trinajstić information content (AvgIpc) is 2.92. The summed E-state index contributed by atoms with van der Waals surface area (Å²) in [5.74, 6) is 0.893.